The molecule has 2 bridgehead atoms. The van der Waals surface area contributed by atoms with Crippen molar-refractivity contribution in [2.75, 3.05) is 53.2 Å². The second-order valence-electron chi connectivity index (χ2n) is 8.06. The van der Waals surface area contributed by atoms with Gasteiger partial charge in [-0.05, 0) is 37.0 Å². The van der Waals surface area contributed by atoms with Gasteiger partial charge >= 0.3 is 0 Å². The fourth-order valence-electron chi connectivity index (χ4n) is 4.71. The summed E-state index contributed by atoms with van der Waals surface area (Å²) < 4.78 is 16.5. The first-order chi connectivity index (χ1) is 13.2. The van der Waals surface area contributed by atoms with Crippen LogP contribution in [0.3, 0.4) is 0 Å². The summed E-state index contributed by atoms with van der Waals surface area (Å²) in [6.45, 7) is 6.38. The zero-order valence-corrected chi connectivity index (χ0v) is 16.1. The zero-order chi connectivity index (χ0) is 18.6. The van der Waals surface area contributed by atoms with E-state index in [1.165, 1.54) is 12.8 Å². The largest absolute Gasteiger partial charge is 0.497 e. The maximum Gasteiger partial charge on any atom is 0.251 e. The monoisotopic (exact) mass is 374 g/mol. The van der Waals surface area contributed by atoms with Crippen LogP contribution in [0.15, 0.2) is 24.3 Å². The van der Waals surface area contributed by atoms with Crippen LogP contribution >= 0.6 is 0 Å². The molecule has 1 aromatic rings. The van der Waals surface area contributed by atoms with Crippen molar-refractivity contribution >= 4 is 5.91 Å². The molecule has 4 rings (SSSR count). The average Bonchev–Trinajstić information content (AvgIpc) is 2.69. The SMILES string of the molecule is COc1cccc(C(=O)NC2C3COCC2CN(CC2CCOCC2)C3)c1. The summed E-state index contributed by atoms with van der Waals surface area (Å²) >= 11 is 0. The molecule has 3 heterocycles. The lowest BCUT2D eigenvalue weighted by atomic mass is 9.81. The first kappa shape index (κ1) is 18.7. The molecule has 3 fully saturated rings. The minimum absolute atomic E-state index is 0.0197. The Kier molecular flexibility index (Phi) is 5.95. The summed E-state index contributed by atoms with van der Waals surface area (Å²) in [5, 5.41) is 3.29. The van der Waals surface area contributed by atoms with Crippen molar-refractivity contribution in [1.82, 2.24) is 10.2 Å². The summed E-state index contributed by atoms with van der Waals surface area (Å²) in [5.41, 5.74) is 0.651. The standard InChI is InChI=1S/C21H30N2O4/c1-25-19-4-2-3-16(9-19)21(24)22-20-17-11-23(12-18(20)14-27-13-17)10-15-5-7-26-8-6-15/h2-4,9,15,17-18,20H,5-8,10-14H2,1H3,(H,22,24). The van der Waals surface area contributed by atoms with E-state index < -0.39 is 0 Å². The van der Waals surface area contributed by atoms with Gasteiger partial charge in [-0.3, -0.25) is 4.79 Å². The molecule has 0 radical (unpaired) electrons. The van der Waals surface area contributed by atoms with Gasteiger partial charge in [0, 0.05) is 56.3 Å². The molecular weight excluding hydrogens is 344 g/mol. The number of nitrogens with one attached hydrogen (secondary N) is 1. The van der Waals surface area contributed by atoms with Crippen molar-refractivity contribution in [2.24, 2.45) is 17.8 Å². The molecule has 0 saturated carbocycles. The Morgan fingerprint density at radius 1 is 1.19 bits per heavy atom. The maximum atomic E-state index is 12.8. The number of piperidine rings is 1. The third-order valence-electron chi connectivity index (χ3n) is 6.15. The number of likely N-dealkylation sites (tertiary alicyclic amines) is 1. The Bertz CT molecular complexity index is 633. The Morgan fingerprint density at radius 2 is 1.93 bits per heavy atom. The number of amides is 1. The number of fused-ring (bicyclic) bond motifs is 2. The molecule has 3 aliphatic rings. The molecule has 1 amide bonds. The van der Waals surface area contributed by atoms with Gasteiger partial charge in [-0.15, -0.1) is 0 Å². The number of carbonyl (C=O) groups excluding carboxylic acids is 1. The second kappa shape index (κ2) is 8.59. The van der Waals surface area contributed by atoms with Crippen LogP contribution in [0.5, 0.6) is 5.75 Å². The second-order valence-corrected chi connectivity index (χ2v) is 8.06. The number of rotatable bonds is 5. The number of hydrogen-bond acceptors (Lipinski definition) is 5. The van der Waals surface area contributed by atoms with Crippen molar-refractivity contribution in [1.29, 1.82) is 0 Å². The molecule has 3 aliphatic heterocycles. The van der Waals surface area contributed by atoms with E-state index in [1.54, 1.807) is 13.2 Å². The minimum atomic E-state index is -0.0197. The summed E-state index contributed by atoms with van der Waals surface area (Å²) in [6.07, 6.45) is 2.33. The van der Waals surface area contributed by atoms with Crippen LogP contribution in [0, 0.1) is 17.8 Å². The molecule has 148 valence electrons. The highest BCUT2D eigenvalue weighted by atomic mass is 16.5. The highest BCUT2D eigenvalue weighted by molar-refractivity contribution is 5.94. The predicted octanol–water partition coefficient (Wildman–Crippen LogP) is 1.80. The van der Waals surface area contributed by atoms with Gasteiger partial charge in [-0.1, -0.05) is 6.07 Å². The van der Waals surface area contributed by atoms with Gasteiger partial charge in [0.15, 0.2) is 0 Å². The molecule has 1 N–H and O–H groups in total. The van der Waals surface area contributed by atoms with E-state index in [4.69, 9.17) is 14.2 Å². The van der Waals surface area contributed by atoms with E-state index in [-0.39, 0.29) is 11.9 Å². The number of carbonyl (C=O) groups is 1. The Balaban J connectivity index is 1.38. The van der Waals surface area contributed by atoms with Crippen LogP contribution in [-0.4, -0.2) is 70.0 Å². The summed E-state index contributed by atoms with van der Waals surface area (Å²) in [6, 6.07) is 7.53. The third kappa shape index (κ3) is 4.45. The lowest BCUT2D eigenvalue weighted by Gasteiger charge is -2.48. The van der Waals surface area contributed by atoms with E-state index >= 15 is 0 Å². The quantitative estimate of drug-likeness (QED) is 0.852. The van der Waals surface area contributed by atoms with Gasteiger partial charge in [0.25, 0.3) is 5.91 Å². The van der Waals surface area contributed by atoms with E-state index in [1.807, 2.05) is 18.2 Å². The minimum Gasteiger partial charge on any atom is -0.497 e. The van der Waals surface area contributed by atoms with Crippen LogP contribution in [-0.2, 0) is 9.47 Å². The molecule has 3 saturated heterocycles. The highest BCUT2D eigenvalue weighted by Gasteiger charge is 2.41. The lowest BCUT2D eigenvalue weighted by molar-refractivity contribution is -0.0682. The molecule has 0 aliphatic carbocycles. The molecular formula is C21H30N2O4. The predicted molar refractivity (Wildman–Crippen MR) is 102 cm³/mol. The van der Waals surface area contributed by atoms with Gasteiger partial charge in [0.2, 0.25) is 0 Å². The number of hydrogen-bond donors (Lipinski definition) is 1. The van der Waals surface area contributed by atoms with E-state index in [9.17, 15) is 4.79 Å². The van der Waals surface area contributed by atoms with Crippen molar-refractivity contribution < 1.29 is 19.0 Å². The molecule has 6 heteroatoms. The van der Waals surface area contributed by atoms with Crippen LogP contribution in [0.1, 0.15) is 23.2 Å². The van der Waals surface area contributed by atoms with Crippen molar-refractivity contribution in [2.45, 2.75) is 18.9 Å². The number of ether oxygens (including phenoxy) is 3. The van der Waals surface area contributed by atoms with E-state index in [2.05, 4.69) is 10.2 Å². The summed E-state index contributed by atoms with van der Waals surface area (Å²) in [5.74, 6) is 2.13. The van der Waals surface area contributed by atoms with Crippen LogP contribution < -0.4 is 10.1 Å². The van der Waals surface area contributed by atoms with E-state index in [0.717, 1.165) is 52.0 Å². The molecule has 27 heavy (non-hydrogen) atoms. The van der Waals surface area contributed by atoms with Crippen molar-refractivity contribution in [3.63, 3.8) is 0 Å². The first-order valence-electron chi connectivity index (χ1n) is 10.1. The molecule has 2 unspecified atom stereocenters. The molecule has 0 spiro atoms. The maximum absolute atomic E-state index is 12.8. The van der Waals surface area contributed by atoms with Gasteiger partial charge < -0.3 is 24.4 Å². The third-order valence-corrected chi connectivity index (χ3v) is 6.15. The van der Waals surface area contributed by atoms with Gasteiger partial charge in [0.1, 0.15) is 5.75 Å². The number of nitrogens with zero attached hydrogens (tertiary/aromatic N) is 1. The van der Waals surface area contributed by atoms with Crippen LogP contribution in [0.4, 0.5) is 0 Å². The fourth-order valence-corrected chi connectivity index (χ4v) is 4.71. The smallest absolute Gasteiger partial charge is 0.251 e. The molecule has 1 aromatic carbocycles. The Labute approximate surface area is 161 Å². The van der Waals surface area contributed by atoms with Crippen molar-refractivity contribution in [3.8, 4) is 5.75 Å². The molecule has 0 aromatic heterocycles. The highest BCUT2D eigenvalue weighted by Crippen LogP contribution is 2.30. The Hall–Kier alpha value is -1.63. The topological polar surface area (TPSA) is 60.0 Å². The van der Waals surface area contributed by atoms with Gasteiger partial charge in [-0.25, -0.2) is 0 Å². The van der Waals surface area contributed by atoms with Gasteiger partial charge in [0.05, 0.1) is 20.3 Å². The van der Waals surface area contributed by atoms with Crippen molar-refractivity contribution in [3.05, 3.63) is 29.8 Å². The van der Waals surface area contributed by atoms with Crippen LogP contribution in [0.25, 0.3) is 0 Å². The molecule has 2 atom stereocenters. The summed E-state index contributed by atoms with van der Waals surface area (Å²) in [7, 11) is 1.62. The lowest BCUT2D eigenvalue weighted by Crippen LogP contribution is -2.61. The normalized spacial score (nSPS) is 29.3. The average molecular weight is 374 g/mol. The zero-order valence-electron chi connectivity index (χ0n) is 16.1. The number of benzene rings is 1. The van der Waals surface area contributed by atoms with E-state index in [0.29, 0.717) is 23.1 Å². The molecule has 6 nitrogen and oxygen atoms in total. The fraction of sp³-hybridized carbons (Fsp3) is 0.667. The Morgan fingerprint density at radius 3 is 2.63 bits per heavy atom. The first-order valence-corrected chi connectivity index (χ1v) is 10.1. The summed E-state index contributed by atoms with van der Waals surface area (Å²) in [4.78, 5) is 15.4. The van der Waals surface area contributed by atoms with Gasteiger partial charge in [-0.2, -0.15) is 0 Å². The van der Waals surface area contributed by atoms with Crippen LogP contribution in [0.2, 0.25) is 0 Å². The number of methoxy groups -OCH3 is 1.